The fourth-order valence-corrected chi connectivity index (χ4v) is 1.21. The van der Waals surface area contributed by atoms with Crippen molar-refractivity contribution in [2.45, 2.75) is 58.8 Å². The molecule has 0 aliphatic heterocycles. The SMILES string of the molecule is CCC=CCC(C)OC(O)CC=CCC. The summed E-state index contributed by atoms with van der Waals surface area (Å²) in [6.45, 7) is 6.15. The van der Waals surface area contributed by atoms with Crippen molar-refractivity contribution in [3.63, 3.8) is 0 Å². The lowest BCUT2D eigenvalue weighted by Gasteiger charge is -2.15. The van der Waals surface area contributed by atoms with Gasteiger partial charge in [-0.3, -0.25) is 0 Å². The van der Waals surface area contributed by atoms with E-state index in [1.165, 1.54) is 0 Å². The van der Waals surface area contributed by atoms with Gasteiger partial charge in [-0.15, -0.1) is 0 Å². The number of ether oxygens (including phenoxy) is 1. The summed E-state index contributed by atoms with van der Waals surface area (Å²) in [5.74, 6) is 0. The molecular weight excluding hydrogens is 188 g/mol. The van der Waals surface area contributed by atoms with Crippen LogP contribution in [0, 0.1) is 0 Å². The van der Waals surface area contributed by atoms with Gasteiger partial charge in [0, 0.05) is 6.42 Å². The molecule has 2 unspecified atom stereocenters. The Bertz CT molecular complexity index is 165. The topological polar surface area (TPSA) is 29.5 Å². The van der Waals surface area contributed by atoms with Crippen LogP contribution in [0.25, 0.3) is 0 Å². The van der Waals surface area contributed by atoms with E-state index in [0.29, 0.717) is 6.42 Å². The molecular formula is C13H24O2. The molecule has 2 heteroatoms. The Balaban J connectivity index is 3.61. The third-order valence-electron chi connectivity index (χ3n) is 2.00. The second kappa shape index (κ2) is 9.94. The smallest absolute Gasteiger partial charge is 0.158 e. The van der Waals surface area contributed by atoms with Gasteiger partial charge < -0.3 is 9.84 Å². The molecule has 15 heavy (non-hydrogen) atoms. The summed E-state index contributed by atoms with van der Waals surface area (Å²) < 4.78 is 5.40. The van der Waals surface area contributed by atoms with E-state index in [9.17, 15) is 5.11 Å². The maximum atomic E-state index is 9.51. The zero-order valence-corrected chi connectivity index (χ0v) is 10.1. The van der Waals surface area contributed by atoms with E-state index < -0.39 is 6.29 Å². The van der Waals surface area contributed by atoms with E-state index in [4.69, 9.17) is 4.74 Å². The molecule has 0 fully saturated rings. The number of rotatable bonds is 8. The summed E-state index contributed by atoms with van der Waals surface area (Å²) in [6, 6.07) is 0. The van der Waals surface area contributed by atoms with E-state index in [-0.39, 0.29) is 6.10 Å². The number of aliphatic hydroxyl groups is 1. The van der Waals surface area contributed by atoms with Crippen molar-refractivity contribution in [2.24, 2.45) is 0 Å². The Hall–Kier alpha value is -0.600. The van der Waals surface area contributed by atoms with Crippen molar-refractivity contribution in [3.05, 3.63) is 24.3 Å². The molecule has 2 nitrogen and oxygen atoms in total. The molecule has 0 aromatic carbocycles. The zero-order chi connectivity index (χ0) is 11.5. The van der Waals surface area contributed by atoms with Crippen LogP contribution in [-0.4, -0.2) is 17.5 Å². The van der Waals surface area contributed by atoms with Crippen LogP contribution >= 0.6 is 0 Å². The molecule has 0 radical (unpaired) electrons. The fraction of sp³-hybridized carbons (Fsp3) is 0.692. The van der Waals surface area contributed by atoms with Crippen molar-refractivity contribution in [1.82, 2.24) is 0 Å². The average Bonchev–Trinajstić information content (AvgIpc) is 2.18. The monoisotopic (exact) mass is 212 g/mol. The van der Waals surface area contributed by atoms with Gasteiger partial charge in [0.05, 0.1) is 6.10 Å². The Labute approximate surface area is 93.6 Å². The van der Waals surface area contributed by atoms with Crippen LogP contribution in [0.4, 0.5) is 0 Å². The molecule has 0 saturated carbocycles. The summed E-state index contributed by atoms with van der Waals surface area (Å²) in [5, 5.41) is 9.51. The summed E-state index contributed by atoms with van der Waals surface area (Å²) in [6.07, 6.45) is 11.1. The largest absolute Gasteiger partial charge is 0.368 e. The number of aliphatic hydroxyl groups excluding tert-OH is 1. The Morgan fingerprint density at radius 2 is 1.53 bits per heavy atom. The molecule has 88 valence electrons. The Kier molecular flexibility index (Phi) is 9.54. The van der Waals surface area contributed by atoms with Gasteiger partial charge >= 0.3 is 0 Å². The molecule has 0 heterocycles. The summed E-state index contributed by atoms with van der Waals surface area (Å²) in [7, 11) is 0. The third kappa shape index (κ3) is 9.70. The standard InChI is InChI=1S/C13H24O2/c1-4-6-8-10-12(3)15-13(14)11-9-7-5-2/h6-9,12-14H,4-5,10-11H2,1-3H3. The van der Waals surface area contributed by atoms with Gasteiger partial charge in [0.25, 0.3) is 0 Å². The molecule has 1 N–H and O–H groups in total. The summed E-state index contributed by atoms with van der Waals surface area (Å²) in [5.41, 5.74) is 0. The molecule has 2 atom stereocenters. The lowest BCUT2D eigenvalue weighted by molar-refractivity contribution is -0.126. The van der Waals surface area contributed by atoms with E-state index in [2.05, 4.69) is 26.0 Å². The van der Waals surface area contributed by atoms with E-state index in [1.54, 1.807) is 0 Å². The van der Waals surface area contributed by atoms with Gasteiger partial charge in [0.1, 0.15) is 0 Å². The molecule has 0 aliphatic rings. The first kappa shape index (κ1) is 14.4. The van der Waals surface area contributed by atoms with Gasteiger partial charge in [-0.1, -0.05) is 38.2 Å². The second-order valence-electron chi connectivity index (χ2n) is 3.63. The molecule has 0 aliphatic carbocycles. The molecule has 0 aromatic rings. The molecule has 0 saturated heterocycles. The summed E-state index contributed by atoms with van der Waals surface area (Å²) in [4.78, 5) is 0. The third-order valence-corrected chi connectivity index (χ3v) is 2.00. The van der Waals surface area contributed by atoms with Crippen molar-refractivity contribution in [2.75, 3.05) is 0 Å². The maximum absolute atomic E-state index is 9.51. The van der Waals surface area contributed by atoms with Gasteiger partial charge in [-0.05, 0) is 26.2 Å². The van der Waals surface area contributed by atoms with Gasteiger partial charge in [0.2, 0.25) is 0 Å². The van der Waals surface area contributed by atoms with Crippen LogP contribution in [0.15, 0.2) is 24.3 Å². The molecule has 0 spiro atoms. The van der Waals surface area contributed by atoms with E-state index in [0.717, 1.165) is 19.3 Å². The van der Waals surface area contributed by atoms with E-state index in [1.807, 2.05) is 19.1 Å². The van der Waals surface area contributed by atoms with Crippen LogP contribution < -0.4 is 0 Å². The van der Waals surface area contributed by atoms with Gasteiger partial charge in [-0.2, -0.15) is 0 Å². The average molecular weight is 212 g/mol. The highest BCUT2D eigenvalue weighted by Gasteiger charge is 2.06. The quantitative estimate of drug-likeness (QED) is 0.493. The van der Waals surface area contributed by atoms with Crippen molar-refractivity contribution in [3.8, 4) is 0 Å². The first-order valence-corrected chi connectivity index (χ1v) is 5.84. The van der Waals surface area contributed by atoms with Crippen molar-refractivity contribution >= 4 is 0 Å². The molecule has 0 bridgehead atoms. The molecule has 0 aromatic heterocycles. The van der Waals surface area contributed by atoms with Crippen LogP contribution in [-0.2, 0) is 4.74 Å². The second-order valence-corrected chi connectivity index (χ2v) is 3.63. The minimum Gasteiger partial charge on any atom is -0.368 e. The lowest BCUT2D eigenvalue weighted by atomic mass is 10.2. The fourth-order valence-electron chi connectivity index (χ4n) is 1.21. The van der Waals surface area contributed by atoms with Gasteiger partial charge in [-0.25, -0.2) is 0 Å². The highest BCUT2D eigenvalue weighted by Crippen LogP contribution is 2.05. The Morgan fingerprint density at radius 1 is 1.00 bits per heavy atom. The summed E-state index contributed by atoms with van der Waals surface area (Å²) >= 11 is 0. The molecule has 0 amide bonds. The van der Waals surface area contributed by atoms with Crippen LogP contribution in [0.5, 0.6) is 0 Å². The zero-order valence-electron chi connectivity index (χ0n) is 10.1. The van der Waals surface area contributed by atoms with Gasteiger partial charge in [0.15, 0.2) is 6.29 Å². The molecule has 0 rings (SSSR count). The first-order chi connectivity index (χ1) is 7.20. The lowest BCUT2D eigenvalue weighted by Crippen LogP contribution is -2.18. The van der Waals surface area contributed by atoms with E-state index >= 15 is 0 Å². The Morgan fingerprint density at radius 3 is 2.07 bits per heavy atom. The van der Waals surface area contributed by atoms with Crippen molar-refractivity contribution < 1.29 is 9.84 Å². The van der Waals surface area contributed by atoms with Crippen LogP contribution in [0.1, 0.15) is 46.5 Å². The maximum Gasteiger partial charge on any atom is 0.158 e. The predicted octanol–water partition coefficient (Wildman–Crippen LogP) is 3.42. The first-order valence-electron chi connectivity index (χ1n) is 5.84. The highest BCUT2D eigenvalue weighted by atomic mass is 16.6. The predicted molar refractivity (Wildman–Crippen MR) is 64.6 cm³/mol. The normalized spacial score (nSPS) is 16.3. The number of hydrogen-bond donors (Lipinski definition) is 1. The van der Waals surface area contributed by atoms with Crippen molar-refractivity contribution in [1.29, 1.82) is 0 Å². The van der Waals surface area contributed by atoms with Crippen LogP contribution in [0.2, 0.25) is 0 Å². The minimum atomic E-state index is -0.669. The van der Waals surface area contributed by atoms with Crippen LogP contribution in [0.3, 0.4) is 0 Å². The minimum absolute atomic E-state index is 0.0813. The number of hydrogen-bond acceptors (Lipinski definition) is 2. The highest BCUT2D eigenvalue weighted by molar-refractivity contribution is 4.83. The number of allylic oxidation sites excluding steroid dienone is 2.